The highest BCUT2D eigenvalue weighted by Gasteiger charge is 2.31. The molecule has 2 aromatic carbocycles. The van der Waals surface area contributed by atoms with Crippen LogP contribution in [0.3, 0.4) is 0 Å². The van der Waals surface area contributed by atoms with Crippen LogP contribution in [0.25, 0.3) is 10.9 Å². The molecule has 0 radical (unpaired) electrons. The number of carbonyl (C=O) groups excluding carboxylic acids is 3. The number of amides is 4. The van der Waals surface area contributed by atoms with E-state index in [9.17, 15) is 14.4 Å². The fourth-order valence-electron chi connectivity index (χ4n) is 4.63. The van der Waals surface area contributed by atoms with Gasteiger partial charge in [0.2, 0.25) is 11.8 Å². The number of nitrogens with one attached hydrogen (secondary N) is 2. The molecular weight excluding hydrogens is 454 g/mol. The third-order valence-corrected chi connectivity index (χ3v) is 6.43. The van der Waals surface area contributed by atoms with Gasteiger partial charge >= 0.3 is 6.03 Å². The summed E-state index contributed by atoms with van der Waals surface area (Å²) in [4.78, 5) is 47.0. The first kappa shape index (κ1) is 25.2. The number of aryl methyl sites for hydroxylation is 1. The first-order chi connectivity index (χ1) is 17.2. The number of benzene rings is 2. The maximum Gasteiger partial charge on any atom is 0.319 e. The highest BCUT2D eigenvalue weighted by atomic mass is 16.2. The number of likely N-dealkylation sites (tertiary alicyclic amines) is 1. The van der Waals surface area contributed by atoms with Gasteiger partial charge in [0.05, 0.1) is 17.7 Å². The average Bonchev–Trinajstić information content (AvgIpc) is 2.85. The number of fused-ring (bicyclic) bond motifs is 1. The molecule has 0 bridgehead atoms. The minimum Gasteiger partial charge on any atom is -0.341 e. The standard InChI is InChI=1S/C28H33N5O3/c1-20-8-4-11-22(16-20)31-27(36)30-17-24(34)33(18-25(35)32-15-7-13-28(2,3)19-32)23-12-5-9-21-10-6-14-29-26(21)23/h4-6,8-12,14,16H,7,13,15,17-19H2,1-3H3,(H2,30,31,36). The molecule has 2 heterocycles. The molecule has 1 aliphatic rings. The van der Waals surface area contributed by atoms with Crippen molar-refractivity contribution in [2.45, 2.75) is 33.6 Å². The minimum absolute atomic E-state index is 0.0409. The van der Waals surface area contributed by atoms with Crippen LogP contribution in [0.2, 0.25) is 0 Å². The number of para-hydroxylation sites is 1. The second-order valence-corrected chi connectivity index (χ2v) is 10.1. The number of hydrogen-bond donors (Lipinski definition) is 2. The molecule has 0 saturated carbocycles. The normalized spacial score (nSPS) is 14.8. The zero-order valence-electron chi connectivity index (χ0n) is 21.1. The van der Waals surface area contributed by atoms with Crippen molar-refractivity contribution in [1.82, 2.24) is 15.2 Å². The van der Waals surface area contributed by atoms with E-state index >= 15 is 0 Å². The van der Waals surface area contributed by atoms with E-state index < -0.39 is 11.9 Å². The van der Waals surface area contributed by atoms with E-state index in [0.29, 0.717) is 30.0 Å². The first-order valence-corrected chi connectivity index (χ1v) is 12.3. The fraction of sp³-hybridized carbons (Fsp3) is 0.357. The summed E-state index contributed by atoms with van der Waals surface area (Å²) < 4.78 is 0. The van der Waals surface area contributed by atoms with Gasteiger partial charge < -0.3 is 15.5 Å². The van der Waals surface area contributed by atoms with Crippen LogP contribution in [0.4, 0.5) is 16.2 Å². The molecule has 4 amide bonds. The average molecular weight is 488 g/mol. The molecular formula is C28H33N5O3. The van der Waals surface area contributed by atoms with Gasteiger partial charge in [-0.3, -0.25) is 19.5 Å². The molecule has 188 valence electrons. The third kappa shape index (κ3) is 6.19. The summed E-state index contributed by atoms with van der Waals surface area (Å²) in [6.45, 7) is 7.18. The second kappa shape index (κ2) is 10.8. The molecule has 0 unspecified atom stereocenters. The van der Waals surface area contributed by atoms with Crippen LogP contribution >= 0.6 is 0 Å². The lowest BCUT2D eigenvalue weighted by molar-refractivity contribution is -0.134. The van der Waals surface area contributed by atoms with Crippen molar-refractivity contribution in [1.29, 1.82) is 0 Å². The van der Waals surface area contributed by atoms with Crippen molar-refractivity contribution in [2.75, 3.05) is 36.4 Å². The minimum atomic E-state index is -0.492. The molecule has 8 heteroatoms. The van der Waals surface area contributed by atoms with Gasteiger partial charge in [0, 0.05) is 30.4 Å². The molecule has 8 nitrogen and oxygen atoms in total. The SMILES string of the molecule is Cc1cccc(NC(=O)NCC(=O)N(CC(=O)N2CCCC(C)(C)C2)c2cccc3cccnc23)c1. The van der Waals surface area contributed by atoms with Crippen molar-refractivity contribution in [2.24, 2.45) is 5.41 Å². The second-order valence-electron chi connectivity index (χ2n) is 10.1. The van der Waals surface area contributed by atoms with Gasteiger partial charge in [0.15, 0.2) is 0 Å². The Hall–Kier alpha value is -3.94. The number of anilines is 2. The van der Waals surface area contributed by atoms with Crippen LogP contribution in [-0.2, 0) is 9.59 Å². The summed E-state index contributed by atoms with van der Waals surface area (Å²) in [6.07, 6.45) is 3.66. The number of aromatic nitrogens is 1. The number of rotatable bonds is 6. The van der Waals surface area contributed by atoms with Gasteiger partial charge in [-0.1, -0.05) is 44.2 Å². The molecule has 3 aromatic rings. The summed E-state index contributed by atoms with van der Waals surface area (Å²) in [6, 6.07) is 16.2. The maximum atomic E-state index is 13.4. The third-order valence-electron chi connectivity index (χ3n) is 6.43. The molecule has 2 N–H and O–H groups in total. The van der Waals surface area contributed by atoms with Crippen molar-refractivity contribution >= 4 is 40.1 Å². The molecule has 4 rings (SSSR count). The summed E-state index contributed by atoms with van der Waals surface area (Å²) in [5, 5.41) is 6.23. The highest BCUT2D eigenvalue weighted by Crippen LogP contribution is 2.29. The van der Waals surface area contributed by atoms with E-state index in [1.54, 1.807) is 18.3 Å². The van der Waals surface area contributed by atoms with Crippen LogP contribution in [0.1, 0.15) is 32.3 Å². The van der Waals surface area contributed by atoms with Crippen LogP contribution in [0.15, 0.2) is 60.8 Å². The maximum absolute atomic E-state index is 13.4. The highest BCUT2D eigenvalue weighted by molar-refractivity contribution is 6.06. The Bertz CT molecular complexity index is 1270. The quantitative estimate of drug-likeness (QED) is 0.541. The number of pyridine rings is 1. The van der Waals surface area contributed by atoms with Crippen molar-refractivity contribution in [3.63, 3.8) is 0 Å². The van der Waals surface area contributed by atoms with Crippen molar-refractivity contribution in [3.05, 3.63) is 66.4 Å². The van der Waals surface area contributed by atoms with Crippen LogP contribution < -0.4 is 15.5 Å². The van der Waals surface area contributed by atoms with Crippen LogP contribution in [-0.4, -0.2) is 53.9 Å². The fourth-order valence-corrected chi connectivity index (χ4v) is 4.63. The van der Waals surface area contributed by atoms with E-state index in [2.05, 4.69) is 29.5 Å². The van der Waals surface area contributed by atoms with Gasteiger partial charge in [-0.25, -0.2) is 4.79 Å². The van der Waals surface area contributed by atoms with E-state index in [0.717, 1.165) is 23.8 Å². The lowest BCUT2D eigenvalue weighted by Gasteiger charge is -2.39. The first-order valence-electron chi connectivity index (χ1n) is 12.3. The molecule has 1 fully saturated rings. The smallest absolute Gasteiger partial charge is 0.319 e. The van der Waals surface area contributed by atoms with Gasteiger partial charge in [-0.15, -0.1) is 0 Å². The molecule has 0 aliphatic carbocycles. The summed E-state index contributed by atoms with van der Waals surface area (Å²) in [5.74, 6) is -0.509. The van der Waals surface area contributed by atoms with E-state index in [4.69, 9.17) is 0 Å². The van der Waals surface area contributed by atoms with Crippen LogP contribution in [0.5, 0.6) is 0 Å². The van der Waals surface area contributed by atoms with E-state index in [1.807, 2.05) is 54.3 Å². The van der Waals surface area contributed by atoms with Crippen molar-refractivity contribution < 1.29 is 14.4 Å². The number of carbonyl (C=O) groups is 3. The molecule has 0 atom stereocenters. The zero-order chi connectivity index (χ0) is 25.7. The summed E-state index contributed by atoms with van der Waals surface area (Å²) in [5.41, 5.74) is 2.86. The predicted molar refractivity (Wildman–Crippen MR) is 142 cm³/mol. The predicted octanol–water partition coefficient (Wildman–Crippen LogP) is 4.35. The van der Waals surface area contributed by atoms with Gasteiger partial charge in [-0.2, -0.15) is 0 Å². The summed E-state index contributed by atoms with van der Waals surface area (Å²) >= 11 is 0. The largest absolute Gasteiger partial charge is 0.341 e. The van der Waals surface area contributed by atoms with Gasteiger partial charge in [0.1, 0.15) is 6.54 Å². The monoisotopic (exact) mass is 487 g/mol. The number of hydrogen-bond acceptors (Lipinski definition) is 4. The Morgan fingerprint density at radius 1 is 1.08 bits per heavy atom. The van der Waals surface area contributed by atoms with Gasteiger partial charge in [0.25, 0.3) is 0 Å². The Balaban J connectivity index is 1.53. The van der Waals surface area contributed by atoms with E-state index in [1.165, 1.54) is 4.90 Å². The number of piperidine rings is 1. The molecule has 1 aliphatic heterocycles. The Morgan fingerprint density at radius 2 is 1.86 bits per heavy atom. The number of nitrogens with zero attached hydrogens (tertiary/aromatic N) is 3. The lowest BCUT2D eigenvalue weighted by atomic mass is 9.84. The molecule has 1 saturated heterocycles. The van der Waals surface area contributed by atoms with E-state index in [-0.39, 0.29) is 24.4 Å². The molecule has 36 heavy (non-hydrogen) atoms. The summed E-state index contributed by atoms with van der Waals surface area (Å²) in [7, 11) is 0. The topological polar surface area (TPSA) is 94.6 Å². The lowest BCUT2D eigenvalue weighted by Crippen LogP contribution is -2.50. The van der Waals surface area contributed by atoms with Crippen LogP contribution in [0, 0.1) is 12.3 Å². The Labute approximate surface area is 211 Å². The molecule has 0 spiro atoms. The Kier molecular flexibility index (Phi) is 7.52. The number of urea groups is 1. The molecule has 1 aromatic heterocycles. The zero-order valence-corrected chi connectivity index (χ0v) is 21.1. The van der Waals surface area contributed by atoms with Gasteiger partial charge in [-0.05, 0) is 55.0 Å². The Morgan fingerprint density at radius 3 is 2.64 bits per heavy atom. The van der Waals surface area contributed by atoms with Crippen molar-refractivity contribution in [3.8, 4) is 0 Å².